The molecule has 1 unspecified atom stereocenters. The summed E-state index contributed by atoms with van der Waals surface area (Å²) in [6, 6.07) is 0. The highest BCUT2D eigenvalue weighted by atomic mass is 16.5. The number of aryl methyl sites for hydroxylation is 1. The number of aliphatic hydroxyl groups excluding tert-OH is 1. The Hall–Kier alpha value is -0.940. The Bertz CT molecular complexity index is 361. The maximum atomic E-state index is 9.24. The van der Waals surface area contributed by atoms with Gasteiger partial charge in [0.2, 0.25) is 0 Å². The van der Waals surface area contributed by atoms with Crippen molar-refractivity contribution in [2.24, 2.45) is 5.92 Å². The molecule has 1 saturated carbocycles. The average molecular weight is 239 g/mol. The van der Waals surface area contributed by atoms with Crippen molar-refractivity contribution in [1.82, 2.24) is 15.0 Å². The number of hydrogen-bond donors (Lipinski definition) is 1. The van der Waals surface area contributed by atoms with Crippen LogP contribution < -0.4 is 0 Å². The van der Waals surface area contributed by atoms with Crippen molar-refractivity contribution in [3.63, 3.8) is 0 Å². The molecule has 0 saturated heterocycles. The highest BCUT2D eigenvalue weighted by molar-refractivity contribution is 5.12. The molecule has 1 aromatic heterocycles. The zero-order valence-electron chi connectivity index (χ0n) is 10.6. The predicted octanol–water partition coefficient (Wildman–Crippen LogP) is 1.67. The summed E-state index contributed by atoms with van der Waals surface area (Å²) in [5.74, 6) is 0.850. The van der Waals surface area contributed by atoms with Gasteiger partial charge in [0.25, 0.3) is 0 Å². The Morgan fingerprint density at radius 2 is 2.29 bits per heavy atom. The molecule has 0 spiro atoms. The molecule has 1 aliphatic carbocycles. The van der Waals surface area contributed by atoms with Crippen LogP contribution >= 0.6 is 0 Å². The molecular formula is C12H21N3O2. The number of nitrogens with zero attached hydrogens (tertiary/aromatic N) is 3. The molecule has 96 valence electrons. The van der Waals surface area contributed by atoms with E-state index in [1.165, 1.54) is 19.3 Å². The molecule has 1 aliphatic rings. The molecule has 2 rings (SSSR count). The summed E-state index contributed by atoms with van der Waals surface area (Å²) in [4.78, 5) is 0. The van der Waals surface area contributed by atoms with Gasteiger partial charge in [-0.25, -0.2) is 4.68 Å². The fourth-order valence-corrected chi connectivity index (χ4v) is 2.28. The van der Waals surface area contributed by atoms with Gasteiger partial charge in [-0.15, -0.1) is 5.10 Å². The van der Waals surface area contributed by atoms with Crippen molar-refractivity contribution in [2.75, 3.05) is 7.11 Å². The van der Waals surface area contributed by atoms with Gasteiger partial charge in [-0.3, -0.25) is 0 Å². The van der Waals surface area contributed by atoms with Crippen molar-refractivity contribution in [2.45, 2.75) is 51.9 Å². The van der Waals surface area contributed by atoms with Crippen LogP contribution in [0.4, 0.5) is 0 Å². The predicted molar refractivity (Wildman–Crippen MR) is 63.3 cm³/mol. The van der Waals surface area contributed by atoms with Crippen LogP contribution in [0.15, 0.2) is 0 Å². The molecule has 1 fully saturated rings. The van der Waals surface area contributed by atoms with E-state index in [0.717, 1.165) is 24.6 Å². The first-order valence-corrected chi connectivity index (χ1v) is 6.32. The number of rotatable bonds is 6. The number of methoxy groups -OCH3 is 1. The number of aromatic nitrogens is 3. The minimum Gasteiger partial charge on any atom is -0.390 e. The molecular weight excluding hydrogens is 218 g/mol. The molecule has 5 nitrogen and oxygen atoms in total. The van der Waals surface area contributed by atoms with Crippen LogP contribution in [0.3, 0.4) is 0 Å². The van der Waals surface area contributed by atoms with Gasteiger partial charge in [0.05, 0.1) is 18.4 Å². The van der Waals surface area contributed by atoms with Gasteiger partial charge in [0, 0.05) is 13.7 Å². The summed E-state index contributed by atoms with van der Waals surface area (Å²) < 4.78 is 7.20. The second kappa shape index (κ2) is 5.60. The highest BCUT2D eigenvalue weighted by Crippen LogP contribution is 2.30. The van der Waals surface area contributed by atoms with Gasteiger partial charge >= 0.3 is 0 Å². The summed E-state index contributed by atoms with van der Waals surface area (Å²) in [5.41, 5.74) is 1.54. The monoisotopic (exact) mass is 239 g/mol. The lowest BCUT2D eigenvalue weighted by Crippen LogP contribution is -2.17. The quantitative estimate of drug-likeness (QED) is 0.820. The van der Waals surface area contributed by atoms with Crippen LogP contribution in [0.2, 0.25) is 0 Å². The van der Waals surface area contributed by atoms with Crippen molar-refractivity contribution in [3.8, 4) is 0 Å². The lowest BCUT2D eigenvalue weighted by atomic mass is 9.83. The van der Waals surface area contributed by atoms with Crippen LogP contribution in [0, 0.1) is 5.92 Å². The van der Waals surface area contributed by atoms with Gasteiger partial charge in [0.1, 0.15) is 5.69 Å². The molecule has 0 amide bonds. The Morgan fingerprint density at radius 1 is 1.53 bits per heavy atom. The average Bonchev–Trinajstić information content (AvgIpc) is 2.69. The molecule has 0 radical (unpaired) electrons. The minimum absolute atomic E-state index is 0.0754. The first kappa shape index (κ1) is 12.5. The SMILES string of the molecule is COC(C)c1c(CO)nnn1CCC1CCC1. The normalized spacial score (nSPS) is 18.1. The summed E-state index contributed by atoms with van der Waals surface area (Å²) in [5, 5.41) is 17.4. The summed E-state index contributed by atoms with van der Waals surface area (Å²) >= 11 is 0. The molecule has 1 N–H and O–H groups in total. The maximum absolute atomic E-state index is 9.24. The van der Waals surface area contributed by atoms with Crippen LogP contribution in [-0.4, -0.2) is 27.2 Å². The first-order valence-electron chi connectivity index (χ1n) is 6.32. The highest BCUT2D eigenvalue weighted by Gasteiger charge is 2.21. The number of hydrogen-bond acceptors (Lipinski definition) is 4. The van der Waals surface area contributed by atoms with E-state index in [9.17, 15) is 5.11 Å². The molecule has 0 aromatic carbocycles. The topological polar surface area (TPSA) is 60.2 Å². The largest absolute Gasteiger partial charge is 0.390 e. The van der Waals surface area contributed by atoms with Gasteiger partial charge < -0.3 is 9.84 Å². The van der Waals surface area contributed by atoms with E-state index in [-0.39, 0.29) is 12.7 Å². The van der Waals surface area contributed by atoms with Gasteiger partial charge in [-0.1, -0.05) is 24.5 Å². The summed E-state index contributed by atoms with van der Waals surface area (Å²) in [6.07, 6.45) is 5.13. The Labute approximate surface area is 102 Å². The van der Waals surface area contributed by atoms with Crippen molar-refractivity contribution in [3.05, 3.63) is 11.4 Å². The van der Waals surface area contributed by atoms with Gasteiger partial charge in [-0.2, -0.15) is 0 Å². The standard InChI is InChI=1S/C12H21N3O2/c1-9(17-2)12-11(8-16)13-14-15(12)7-6-10-4-3-5-10/h9-10,16H,3-8H2,1-2H3. The van der Waals surface area contributed by atoms with Crippen LogP contribution in [0.25, 0.3) is 0 Å². The lowest BCUT2D eigenvalue weighted by Gasteiger charge is -2.25. The van der Waals surface area contributed by atoms with Crippen LogP contribution in [0.5, 0.6) is 0 Å². The zero-order valence-corrected chi connectivity index (χ0v) is 10.6. The number of aliphatic hydroxyl groups is 1. The van der Waals surface area contributed by atoms with Gasteiger partial charge in [0.15, 0.2) is 0 Å². The third kappa shape index (κ3) is 2.66. The summed E-state index contributed by atoms with van der Waals surface area (Å²) in [6.45, 7) is 2.75. The lowest BCUT2D eigenvalue weighted by molar-refractivity contribution is 0.108. The first-order chi connectivity index (χ1) is 8.26. The molecule has 5 heteroatoms. The Kier molecular flexibility index (Phi) is 4.12. The molecule has 1 aromatic rings. The molecule has 0 bridgehead atoms. The molecule has 1 atom stereocenters. The fraction of sp³-hybridized carbons (Fsp3) is 0.833. The van der Waals surface area contributed by atoms with E-state index < -0.39 is 0 Å². The smallest absolute Gasteiger partial charge is 0.114 e. The van der Waals surface area contributed by atoms with Crippen molar-refractivity contribution < 1.29 is 9.84 Å². The van der Waals surface area contributed by atoms with E-state index in [4.69, 9.17) is 4.74 Å². The third-order valence-corrected chi connectivity index (χ3v) is 3.71. The summed E-state index contributed by atoms with van der Waals surface area (Å²) in [7, 11) is 1.66. The van der Waals surface area contributed by atoms with Crippen molar-refractivity contribution >= 4 is 0 Å². The van der Waals surface area contributed by atoms with Crippen molar-refractivity contribution in [1.29, 1.82) is 0 Å². The van der Waals surface area contributed by atoms with Crippen LogP contribution in [0.1, 0.15) is 50.1 Å². The van der Waals surface area contributed by atoms with Gasteiger partial charge in [-0.05, 0) is 19.3 Å². The van der Waals surface area contributed by atoms with E-state index in [2.05, 4.69) is 10.3 Å². The molecule has 1 heterocycles. The fourth-order valence-electron chi connectivity index (χ4n) is 2.28. The molecule has 17 heavy (non-hydrogen) atoms. The van der Waals surface area contributed by atoms with E-state index in [1.807, 2.05) is 11.6 Å². The molecule has 0 aliphatic heterocycles. The van der Waals surface area contributed by atoms with Crippen LogP contribution in [-0.2, 0) is 17.9 Å². The minimum atomic E-state index is -0.0769. The van der Waals surface area contributed by atoms with E-state index in [1.54, 1.807) is 7.11 Å². The second-order valence-electron chi connectivity index (χ2n) is 4.77. The number of ether oxygens (including phenoxy) is 1. The maximum Gasteiger partial charge on any atom is 0.114 e. The van der Waals surface area contributed by atoms with E-state index >= 15 is 0 Å². The zero-order chi connectivity index (χ0) is 12.3. The Morgan fingerprint density at radius 3 is 2.82 bits per heavy atom. The third-order valence-electron chi connectivity index (χ3n) is 3.71. The van der Waals surface area contributed by atoms with E-state index in [0.29, 0.717) is 5.69 Å². The Balaban J connectivity index is 2.06. The second-order valence-corrected chi connectivity index (χ2v) is 4.77.